The molecule has 80 valence electrons. The van der Waals surface area contributed by atoms with Gasteiger partial charge in [-0.2, -0.15) is 11.8 Å². The van der Waals surface area contributed by atoms with Gasteiger partial charge >= 0.3 is 0 Å². The zero-order valence-electron chi connectivity index (χ0n) is 8.39. The van der Waals surface area contributed by atoms with E-state index < -0.39 is 0 Å². The molecule has 2 aliphatic heterocycles. The van der Waals surface area contributed by atoms with Crippen LogP contribution in [0.5, 0.6) is 0 Å². The topological polar surface area (TPSA) is 61.9 Å². The minimum atomic E-state index is 0.135. The van der Waals surface area contributed by atoms with Crippen molar-refractivity contribution < 1.29 is 5.21 Å². The molecule has 14 heavy (non-hydrogen) atoms. The lowest BCUT2D eigenvalue weighted by Gasteiger charge is -2.33. The summed E-state index contributed by atoms with van der Waals surface area (Å²) in [5.41, 5.74) is 5.69. The molecule has 3 atom stereocenters. The van der Waals surface area contributed by atoms with Crippen molar-refractivity contribution >= 4 is 17.6 Å². The van der Waals surface area contributed by atoms with Gasteiger partial charge in [0.25, 0.3) is 0 Å². The molecule has 0 amide bonds. The van der Waals surface area contributed by atoms with E-state index in [1.165, 1.54) is 12.2 Å². The summed E-state index contributed by atoms with van der Waals surface area (Å²) in [6.07, 6.45) is 2.20. The third-order valence-electron chi connectivity index (χ3n) is 3.19. The molecule has 0 radical (unpaired) electrons. The SMILES string of the molecule is CCC(/C(N)=N/O)N1CC2CC1CS2. The zero-order valence-corrected chi connectivity index (χ0v) is 9.20. The Kier molecular flexibility index (Phi) is 2.88. The maximum Gasteiger partial charge on any atom is 0.156 e. The molecule has 5 heteroatoms. The first-order chi connectivity index (χ1) is 6.76. The molecule has 0 saturated carbocycles. The highest BCUT2D eigenvalue weighted by Gasteiger charge is 2.42. The van der Waals surface area contributed by atoms with Crippen molar-refractivity contribution in [3.8, 4) is 0 Å². The summed E-state index contributed by atoms with van der Waals surface area (Å²) in [6, 6.07) is 0.783. The Morgan fingerprint density at radius 3 is 3.00 bits per heavy atom. The van der Waals surface area contributed by atoms with Gasteiger partial charge in [0.1, 0.15) is 0 Å². The van der Waals surface area contributed by atoms with Crippen LogP contribution in [0.2, 0.25) is 0 Å². The van der Waals surface area contributed by atoms with Gasteiger partial charge in [-0.05, 0) is 12.8 Å². The van der Waals surface area contributed by atoms with Crippen molar-refractivity contribution in [3.05, 3.63) is 0 Å². The summed E-state index contributed by atoms with van der Waals surface area (Å²) in [6.45, 7) is 3.19. The molecule has 0 aromatic heterocycles. The van der Waals surface area contributed by atoms with Crippen molar-refractivity contribution in [2.75, 3.05) is 12.3 Å². The monoisotopic (exact) mass is 215 g/mol. The Labute approximate surface area is 88.5 Å². The van der Waals surface area contributed by atoms with Gasteiger partial charge < -0.3 is 10.9 Å². The fourth-order valence-corrected chi connectivity index (χ4v) is 3.95. The fourth-order valence-electron chi connectivity index (χ4n) is 2.49. The van der Waals surface area contributed by atoms with E-state index >= 15 is 0 Å². The minimum Gasteiger partial charge on any atom is -0.409 e. The second kappa shape index (κ2) is 3.98. The van der Waals surface area contributed by atoms with E-state index in [9.17, 15) is 0 Å². The molecule has 0 aliphatic carbocycles. The highest BCUT2D eigenvalue weighted by atomic mass is 32.2. The van der Waals surface area contributed by atoms with Gasteiger partial charge in [0, 0.05) is 23.6 Å². The quantitative estimate of drug-likeness (QED) is 0.315. The molecule has 4 nitrogen and oxygen atoms in total. The number of hydrogen-bond acceptors (Lipinski definition) is 4. The van der Waals surface area contributed by atoms with Gasteiger partial charge in [-0.1, -0.05) is 12.1 Å². The van der Waals surface area contributed by atoms with E-state index in [2.05, 4.69) is 28.7 Å². The maximum absolute atomic E-state index is 8.70. The van der Waals surface area contributed by atoms with Crippen LogP contribution >= 0.6 is 11.8 Å². The van der Waals surface area contributed by atoms with Crippen molar-refractivity contribution in [3.63, 3.8) is 0 Å². The van der Waals surface area contributed by atoms with Crippen molar-refractivity contribution in [2.45, 2.75) is 37.1 Å². The molecule has 0 spiro atoms. The lowest BCUT2D eigenvalue weighted by molar-refractivity contribution is 0.223. The van der Waals surface area contributed by atoms with Crippen LogP contribution in [0.4, 0.5) is 0 Å². The summed E-state index contributed by atoms with van der Waals surface area (Å²) in [5, 5.41) is 12.6. The van der Waals surface area contributed by atoms with Crippen molar-refractivity contribution in [1.29, 1.82) is 0 Å². The smallest absolute Gasteiger partial charge is 0.156 e. The second-order valence-corrected chi connectivity index (χ2v) is 5.32. The third-order valence-corrected chi connectivity index (χ3v) is 4.58. The Balaban J connectivity index is 2.06. The van der Waals surface area contributed by atoms with E-state index in [4.69, 9.17) is 10.9 Å². The van der Waals surface area contributed by atoms with Crippen molar-refractivity contribution in [2.24, 2.45) is 10.9 Å². The summed E-state index contributed by atoms with van der Waals surface area (Å²) in [7, 11) is 0. The van der Waals surface area contributed by atoms with E-state index in [1.54, 1.807) is 0 Å². The predicted octanol–water partition coefficient (Wildman–Crippen LogP) is 0.701. The second-order valence-electron chi connectivity index (χ2n) is 3.99. The Morgan fingerprint density at radius 2 is 2.57 bits per heavy atom. The number of fused-ring (bicyclic) bond motifs is 2. The predicted molar refractivity (Wildman–Crippen MR) is 58.8 cm³/mol. The van der Waals surface area contributed by atoms with Gasteiger partial charge in [0.2, 0.25) is 0 Å². The minimum absolute atomic E-state index is 0.135. The van der Waals surface area contributed by atoms with E-state index in [0.29, 0.717) is 11.9 Å². The van der Waals surface area contributed by atoms with Gasteiger partial charge in [-0.25, -0.2) is 0 Å². The summed E-state index contributed by atoms with van der Waals surface area (Å²) >= 11 is 2.06. The van der Waals surface area contributed by atoms with Crippen LogP contribution in [0.15, 0.2) is 5.16 Å². The largest absolute Gasteiger partial charge is 0.409 e. The molecular formula is C9H17N3OS. The van der Waals surface area contributed by atoms with E-state index in [0.717, 1.165) is 18.2 Å². The first-order valence-corrected chi connectivity index (χ1v) is 6.16. The van der Waals surface area contributed by atoms with Gasteiger partial charge in [-0.15, -0.1) is 0 Å². The normalized spacial score (nSPS) is 35.1. The summed E-state index contributed by atoms with van der Waals surface area (Å²) < 4.78 is 0. The molecule has 2 rings (SSSR count). The molecule has 2 aliphatic rings. The average molecular weight is 215 g/mol. The van der Waals surface area contributed by atoms with E-state index in [-0.39, 0.29) is 6.04 Å². The molecule has 2 fully saturated rings. The summed E-state index contributed by atoms with van der Waals surface area (Å²) in [4.78, 5) is 2.40. The highest BCUT2D eigenvalue weighted by Crippen LogP contribution is 2.38. The molecule has 0 aromatic carbocycles. The van der Waals surface area contributed by atoms with Gasteiger partial charge in [0.15, 0.2) is 5.84 Å². The molecule has 2 bridgehead atoms. The number of amidine groups is 1. The standard InChI is InChI=1S/C9H17N3OS/c1-2-8(9(10)11-13)12-4-7-3-6(12)5-14-7/h6-8,13H,2-5H2,1H3,(H2,10,11). The maximum atomic E-state index is 8.70. The fraction of sp³-hybridized carbons (Fsp3) is 0.889. The van der Waals surface area contributed by atoms with Gasteiger partial charge in [-0.3, -0.25) is 4.90 Å². The van der Waals surface area contributed by atoms with Crippen LogP contribution < -0.4 is 5.73 Å². The molecule has 3 N–H and O–H groups in total. The lowest BCUT2D eigenvalue weighted by atomic mass is 10.1. The zero-order chi connectivity index (χ0) is 10.1. The third kappa shape index (κ3) is 1.59. The molecule has 0 aromatic rings. The van der Waals surface area contributed by atoms with Crippen LogP contribution in [-0.2, 0) is 0 Å². The lowest BCUT2D eigenvalue weighted by Crippen LogP contribution is -2.49. The number of thioether (sulfide) groups is 1. The van der Waals surface area contributed by atoms with Crippen LogP contribution in [0.3, 0.4) is 0 Å². The van der Waals surface area contributed by atoms with Crippen LogP contribution in [0, 0.1) is 0 Å². The molecular weight excluding hydrogens is 198 g/mol. The molecule has 2 saturated heterocycles. The van der Waals surface area contributed by atoms with Crippen molar-refractivity contribution in [1.82, 2.24) is 4.90 Å². The highest BCUT2D eigenvalue weighted by molar-refractivity contribution is 8.00. The number of nitrogens with zero attached hydrogens (tertiary/aromatic N) is 2. The number of oxime groups is 1. The number of nitrogens with two attached hydrogens (primary N) is 1. The van der Waals surface area contributed by atoms with Crippen LogP contribution in [0.1, 0.15) is 19.8 Å². The van der Waals surface area contributed by atoms with Crippen LogP contribution in [-0.4, -0.2) is 45.6 Å². The number of hydrogen-bond donors (Lipinski definition) is 2. The summed E-state index contributed by atoms with van der Waals surface area (Å²) in [5.74, 6) is 1.57. The molecule has 3 unspecified atom stereocenters. The first-order valence-electron chi connectivity index (χ1n) is 5.11. The molecule has 2 heterocycles. The van der Waals surface area contributed by atoms with E-state index in [1.807, 2.05) is 0 Å². The van der Waals surface area contributed by atoms with Crippen LogP contribution in [0.25, 0.3) is 0 Å². The Hall–Kier alpha value is -0.420. The average Bonchev–Trinajstić information content (AvgIpc) is 2.80. The first kappa shape index (κ1) is 10.1. The Morgan fingerprint density at radius 1 is 1.79 bits per heavy atom. The Bertz CT molecular complexity index is 246. The van der Waals surface area contributed by atoms with Gasteiger partial charge in [0.05, 0.1) is 6.04 Å². The number of likely N-dealkylation sites (tertiary alicyclic amines) is 1. The number of rotatable bonds is 3.